The normalized spacial score (nSPS) is 24.0. The minimum absolute atomic E-state index is 0.788. The van der Waals surface area contributed by atoms with Crippen molar-refractivity contribution in [3.8, 4) is 0 Å². The van der Waals surface area contributed by atoms with Crippen LogP contribution in [0.4, 0.5) is 0 Å². The molecular formula is C20H30N2. The van der Waals surface area contributed by atoms with Gasteiger partial charge in [-0.05, 0) is 49.8 Å². The summed E-state index contributed by atoms with van der Waals surface area (Å²) in [4.78, 5) is 7.69. The van der Waals surface area contributed by atoms with E-state index >= 15 is 0 Å². The molecule has 22 heavy (non-hydrogen) atoms. The second kappa shape index (κ2) is 6.70. The van der Waals surface area contributed by atoms with Gasteiger partial charge in [0.05, 0.1) is 0 Å². The smallest absolute Gasteiger partial charge is 0.0452 e. The van der Waals surface area contributed by atoms with Gasteiger partial charge in [-0.2, -0.15) is 0 Å². The van der Waals surface area contributed by atoms with Crippen LogP contribution in [0.3, 0.4) is 0 Å². The first-order valence-electron chi connectivity index (χ1n) is 9.59. The molecule has 0 N–H and O–H groups in total. The van der Waals surface area contributed by atoms with Crippen LogP contribution in [0.2, 0.25) is 0 Å². The number of aromatic nitrogens is 1. The highest BCUT2D eigenvalue weighted by molar-refractivity contribution is 5.28. The van der Waals surface area contributed by atoms with E-state index in [1.54, 1.807) is 0 Å². The largest absolute Gasteiger partial charge is 0.303 e. The lowest BCUT2D eigenvalue weighted by atomic mass is 9.87. The van der Waals surface area contributed by atoms with E-state index in [1.807, 2.05) is 0 Å². The van der Waals surface area contributed by atoms with Crippen LogP contribution in [0.15, 0.2) is 12.1 Å². The summed E-state index contributed by atoms with van der Waals surface area (Å²) in [5.74, 6) is 1.80. The highest BCUT2D eigenvalue weighted by Crippen LogP contribution is 2.39. The molecule has 0 amide bonds. The van der Waals surface area contributed by atoms with Crippen LogP contribution >= 0.6 is 0 Å². The first kappa shape index (κ1) is 14.7. The van der Waals surface area contributed by atoms with Gasteiger partial charge in [0.1, 0.15) is 0 Å². The molecule has 0 unspecified atom stereocenters. The van der Waals surface area contributed by atoms with Gasteiger partial charge in [0.15, 0.2) is 0 Å². The molecule has 2 fully saturated rings. The molecule has 2 heteroatoms. The molecule has 1 aliphatic heterocycles. The fraction of sp³-hybridized carbons (Fsp3) is 0.750. The number of fused-ring (bicyclic) bond motifs is 1. The van der Waals surface area contributed by atoms with Gasteiger partial charge in [-0.3, -0.25) is 4.98 Å². The zero-order valence-electron chi connectivity index (χ0n) is 13.9. The Morgan fingerprint density at radius 2 is 1.77 bits per heavy atom. The Bertz CT molecular complexity index is 500. The minimum Gasteiger partial charge on any atom is -0.303 e. The quantitative estimate of drug-likeness (QED) is 0.822. The van der Waals surface area contributed by atoms with Crippen LogP contribution in [0.5, 0.6) is 0 Å². The van der Waals surface area contributed by atoms with E-state index in [0.717, 1.165) is 11.8 Å². The van der Waals surface area contributed by atoms with Gasteiger partial charge >= 0.3 is 0 Å². The van der Waals surface area contributed by atoms with Crippen molar-refractivity contribution in [2.75, 3.05) is 19.6 Å². The Hall–Kier alpha value is -0.890. The van der Waals surface area contributed by atoms with Gasteiger partial charge in [-0.25, -0.2) is 0 Å². The summed E-state index contributed by atoms with van der Waals surface area (Å²) in [6, 6.07) is 4.68. The highest BCUT2D eigenvalue weighted by atomic mass is 15.1. The maximum Gasteiger partial charge on any atom is 0.0452 e. The fourth-order valence-corrected chi connectivity index (χ4v) is 4.32. The summed E-state index contributed by atoms with van der Waals surface area (Å²) in [5.41, 5.74) is 4.29. The summed E-state index contributed by atoms with van der Waals surface area (Å²) in [6.07, 6.45) is 13.9. The molecule has 2 heterocycles. The van der Waals surface area contributed by atoms with Gasteiger partial charge in [0, 0.05) is 36.8 Å². The summed E-state index contributed by atoms with van der Waals surface area (Å²) < 4.78 is 0. The van der Waals surface area contributed by atoms with Gasteiger partial charge in [-0.1, -0.05) is 38.2 Å². The van der Waals surface area contributed by atoms with Crippen molar-refractivity contribution in [3.05, 3.63) is 29.1 Å². The van der Waals surface area contributed by atoms with Crippen molar-refractivity contribution >= 4 is 0 Å². The predicted molar refractivity (Wildman–Crippen MR) is 91.3 cm³/mol. The molecule has 1 aromatic rings. The molecule has 0 atom stereocenters. The average Bonchev–Trinajstić information content (AvgIpc) is 3.41. The van der Waals surface area contributed by atoms with E-state index < -0.39 is 0 Å². The molecule has 0 saturated heterocycles. The summed E-state index contributed by atoms with van der Waals surface area (Å²) in [5, 5.41) is 0. The van der Waals surface area contributed by atoms with Gasteiger partial charge in [0.2, 0.25) is 0 Å². The van der Waals surface area contributed by atoms with Crippen molar-refractivity contribution in [1.82, 2.24) is 9.88 Å². The average molecular weight is 298 g/mol. The highest BCUT2D eigenvalue weighted by Gasteiger charge is 2.26. The summed E-state index contributed by atoms with van der Waals surface area (Å²) in [6.45, 7) is 3.78. The molecule has 2 nitrogen and oxygen atoms in total. The maximum atomic E-state index is 4.99. The number of pyridine rings is 1. The first-order chi connectivity index (χ1) is 10.9. The van der Waals surface area contributed by atoms with Crippen LogP contribution in [-0.4, -0.2) is 29.5 Å². The minimum atomic E-state index is 0.788. The molecule has 4 rings (SSSR count). The number of nitrogens with zero attached hydrogens (tertiary/aromatic N) is 2. The van der Waals surface area contributed by atoms with Gasteiger partial charge < -0.3 is 4.90 Å². The van der Waals surface area contributed by atoms with Gasteiger partial charge in [0.25, 0.3) is 0 Å². The molecule has 2 aliphatic carbocycles. The van der Waals surface area contributed by atoms with Crippen LogP contribution in [0.25, 0.3) is 0 Å². The summed E-state index contributed by atoms with van der Waals surface area (Å²) >= 11 is 0. The van der Waals surface area contributed by atoms with E-state index in [1.165, 1.54) is 101 Å². The molecule has 0 radical (unpaired) electrons. The molecular weight excluding hydrogens is 268 g/mol. The number of rotatable bonds is 4. The van der Waals surface area contributed by atoms with E-state index in [2.05, 4.69) is 17.0 Å². The van der Waals surface area contributed by atoms with Crippen LogP contribution in [0, 0.1) is 5.92 Å². The number of hydrogen-bond acceptors (Lipinski definition) is 2. The molecule has 0 bridgehead atoms. The molecule has 2 saturated carbocycles. The third-order valence-corrected chi connectivity index (χ3v) is 6.03. The van der Waals surface area contributed by atoms with Crippen LogP contribution < -0.4 is 0 Å². The maximum absolute atomic E-state index is 4.99. The van der Waals surface area contributed by atoms with Gasteiger partial charge in [-0.15, -0.1) is 0 Å². The topological polar surface area (TPSA) is 16.1 Å². The summed E-state index contributed by atoms with van der Waals surface area (Å²) in [7, 11) is 0. The molecule has 3 aliphatic rings. The zero-order valence-corrected chi connectivity index (χ0v) is 13.9. The Kier molecular flexibility index (Phi) is 4.47. The third kappa shape index (κ3) is 3.53. The Morgan fingerprint density at radius 3 is 2.59 bits per heavy atom. The number of hydrogen-bond donors (Lipinski definition) is 0. The second-order valence-corrected chi connectivity index (χ2v) is 7.75. The molecule has 0 aromatic carbocycles. The van der Waals surface area contributed by atoms with Crippen molar-refractivity contribution in [2.45, 2.75) is 70.1 Å². The second-order valence-electron chi connectivity index (χ2n) is 7.75. The van der Waals surface area contributed by atoms with E-state index in [-0.39, 0.29) is 0 Å². The SMILES string of the molecule is c1cc2c(nc1C1CC1)CCN(CCC1CCCCC1)CC2. The first-order valence-corrected chi connectivity index (χ1v) is 9.59. The van der Waals surface area contributed by atoms with E-state index in [0.29, 0.717) is 0 Å². The molecule has 1 aromatic heterocycles. The van der Waals surface area contributed by atoms with Crippen LogP contribution in [-0.2, 0) is 12.8 Å². The lowest BCUT2D eigenvalue weighted by molar-refractivity contribution is 0.239. The molecule has 0 spiro atoms. The van der Waals surface area contributed by atoms with Crippen molar-refractivity contribution < 1.29 is 0 Å². The van der Waals surface area contributed by atoms with E-state index in [9.17, 15) is 0 Å². The van der Waals surface area contributed by atoms with Crippen molar-refractivity contribution in [1.29, 1.82) is 0 Å². The van der Waals surface area contributed by atoms with Crippen LogP contribution in [0.1, 0.15) is 74.2 Å². The Balaban J connectivity index is 1.32. The monoisotopic (exact) mass is 298 g/mol. The fourth-order valence-electron chi connectivity index (χ4n) is 4.32. The standard InChI is InChI=1S/C20H30N2/c1-2-4-16(5-3-1)10-13-22-14-11-18-8-9-19(17-6-7-17)21-20(18)12-15-22/h8-9,16-17H,1-7,10-15H2. The predicted octanol–water partition coefficient (Wildman–Crippen LogP) is 4.33. The van der Waals surface area contributed by atoms with Crippen molar-refractivity contribution in [2.24, 2.45) is 5.92 Å². The van der Waals surface area contributed by atoms with Crippen molar-refractivity contribution in [3.63, 3.8) is 0 Å². The third-order valence-electron chi connectivity index (χ3n) is 6.03. The lowest BCUT2D eigenvalue weighted by Gasteiger charge is -2.26. The zero-order chi connectivity index (χ0) is 14.8. The Labute approximate surface area is 135 Å². The Morgan fingerprint density at radius 1 is 0.955 bits per heavy atom. The lowest BCUT2D eigenvalue weighted by Crippen LogP contribution is -2.29. The molecule has 120 valence electrons. The van der Waals surface area contributed by atoms with E-state index in [4.69, 9.17) is 4.98 Å².